The summed E-state index contributed by atoms with van der Waals surface area (Å²) in [7, 11) is 1.53. The van der Waals surface area contributed by atoms with Crippen LogP contribution in [-0.4, -0.2) is 30.4 Å². The third kappa shape index (κ3) is 4.76. The van der Waals surface area contributed by atoms with Crippen molar-refractivity contribution >= 4 is 28.2 Å². The first kappa shape index (κ1) is 24.2. The van der Waals surface area contributed by atoms with Gasteiger partial charge in [0.1, 0.15) is 11.2 Å². The number of benzene rings is 3. The minimum atomic E-state index is -0.462. The minimum Gasteiger partial charge on any atom is -0.493 e. The van der Waals surface area contributed by atoms with Crippen molar-refractivity contribution in [2.75, 3.05) is 19.0 Å². The monoisotopic (exact) mass is 525 g/mol. The Morgan fingerprint density at radius 1 is 1.00 bits per heavy atom. The quantitative estimate of drug-likeness (QED) is 0.260. The molecule has 0 saturated heterocycles. The van der Waals surface area contributed by atoms with E-state index in [1.807, 2.05) is 18.2 Å². The van der Waals surface area contributed by atoms with E-state index in [9.17, 15) is 9.59 Å². The number of carbonyl (C=O) groups excluding carboxylic acids is 2. The fourth-order valence-electron chi connectivity index (χ4n) is 4.99. The first-order valence-corrected chi connectivity index (χ1v) is 13.3. The van der Waals surface area contributed by atoms with E-state index in [0.29, 0.717) is 17.1 Å². The van der Waals surface area contributed by atoms with Gasteiger partial charge >= 0.3 is 5.97 Å². The second-order valence-corrected chi connectivity index (χ2v) is 10.5. The fourth-order valence-corrected chi connectivity index (χ4v) is 6.31. The van der Waals surface area contributed by atoms with Crippen molar-refractivity contribution in [3.8, 4) is 11.5 Å². The Kier molecular flexibility index (Phi) is 6.57. The number of thiophene rings is 1. The van der Waals surface area contributed by atoms with Crippen LogP contribution < -0.4 is 20.1 Å². The largest absolute Gasteiger partial charge is 0.493 e. The number of nitrogens with zero attached hydrogens (tertiary/aromatic N) is 1. The average Bonchev–Trinajstić information content (AvgIpc) is 3.32. The lowest BCUT2D eigenvalue weighted by molar-refractivity contribution is 0.0729. The lowest BCUT2D eigenvalue weighted by Crippen LogP contribution is -2.38. The maximum atomic E-state index is 13.2. The Hall–Kier alpha value is -4.14. The standard InChI is InChI=1S/C30H27N3O4S/c1-36-24-16-21(12-13-23(24)37-30(35)20-10-6-3-7-11-20)27-31-28(34)26-22-14-15-33(17-19-8-4-2-5-9-19)18-25(22)38-29(26)32-27/h2-13,16,27,32H,14-15,17-18H2,1H3,(H,31,34)/t27-/m1/s1. The molecule has 8 heteroatoms. The predicted octanol–water partition coefficient (Wildman–Crippen LogP) is 5.39. The first-order chi connectivity index (χ1) is 18.6. The molecule has 1 atom stereocenters. The summed E-state index contributed by atoms with van der Waals surface area (Å²) in [5, 5.41) is 7.49. The molecule has 0 spiro atoms. The number of ether oxygens (including phenoxy) is 2. The van der Waals surface area contributed by atoms with E-state index in [1.165, 1.54) is 17.6 Å². The number of carbonyl (C=O) groups is 2. The van der Waals surface area contributed by atoms with Crippen molar-refractivity contribution in [3.63, 3.8) is 0 Å². The second-order valence-electron chi connectivity index (χ2n) is 9.37. The molecule has 3 heterocycles. The van der Waals surface area contributed by atoms with Gasteiger partial charge in [-0.05, 0) is 47.4 Å². The maximum absolute atomic E-state index is 13.2. The summed E-state index contributed by atoms with van der Waals surface area (Å²) < 4.78 is 11.1. The molecule has 2 N–H and O–H groups in total. The van der Waals surface area contributed by atoms with Crippen molar-refractivity contribution in [2.24, 2.45) is 0 Å². The number of hydrogen-bond donors (Lipinski definition) is 2. The van der Waals surface area contributed by atoms with Gasteiger partial charge in [0, 0.05) is 24.5 Å². The molecular formula is C30H27N3O4S. The summed E-state index contributed by atoms with van der Waals surface area (Å²) in [6, 6.07) is 24.6. The molecule has 2 aliphatic rings. The number of rotatable bonds is 6. The van der Waals surface area contributed by atoms with Gasteiger partial charge in [-0.3, -0.25) is 9.69 Å². The molecule has 0 saturated carbocycles. The van der Waals surface area contributed by atoms with Crippen LogP contribution in [0.4, 0.5) is 5.00 Å². The van der Waals surface area contributed by atoms with Crippen LogP contribution in [-0.2, 0) is 19.5 Å². The van der Waals surface area contributed by atoms with E-state index in [0.717, 1.165) is 47.7 Å². The Bertz CT molecular complexity index is 1490. The maximum Gasteiger partial charge on any atom is 0.343 e. The summed E-state index contributed by atoms with van der Waals surface area (Å²) >= 11 is 1.66. The highest BCUT2D eigenvalue weighted by molar-refractivity contribution is 7.16. The number of hydrogen-bond acceptors (Lipinski definition) is 7. The van der Waals surface area contributed by atoms with Crippen molar-refractivity contribution in [1.82, 2.24) is 10.2 Å². The molecule has 0 unspecified atom stereocenters. The zero-order chi connectivity index (χ0) is 26.1. The van der Waals surface area contributed by atoms with Gasteiger partial charge in [-0.25, -0.2) is 4.79 Å². The lowest BCUT2D eigenvalue weighted by atomic mass is 10.00. The van der Waals surface area contributed by atoms with E-state index in [-0.39, 0.29) is 5.91 Å². The van der Waals surface area contributed by atoms with Crippen LogP contribution in [0.1, 0.15) is 48.4 Å². The molecular weight excluding hydrogens is 498 g/mol. The number of amides is 1. The molecule has 0 aliphatic carbocycles. The smallest absolute Gasteiger partial charge is 0.343 e. The van der Waals surface area contributed by atoms with Gasteiger partial charge in [0.25, 0.3) is 5.91 Å². The molecule has 4 aromatic rings. The third-order valence-electron chi connectivity index (χ3n) is 6.90. The molecule has 0 bridgehead atoms. The molecule has 0 fully saturated rings. The Balaban J connectivity index is 1.19. The predicted molar refractivity (Wildman–Crippen MR) is 147 cm³/mol. The zero-order valence-corrected chi connectivity index (χ0v) is 21.7. The summed E-state index contributed by atoms with van der Waals surface area (Å²) in [4.78, 5) is 29.4. The van der Waals surface area contributed by atoms with Crippen LogP contribution in [0.25, 0.3) is 0 Å². The lowest BCUT2D eigenvalue weighted by Gasteiger charge is -2.29. The Labute approximate surface area is 225 Å². The van der Waals surface area contributed by atoms with Gasteiger partial charge in [-0.2, -0.15) is 0 Å². The zero-order valence-electron chi connectivity index (χ0n) is 20.9. The molecule has 38 heavy (non-hydrogen) atoms. The van der Waals surface area contributed by atoms with Gasteiger partial charge < -0.3 is 20.1 Å². The van der Waals surface area contributed by atoms with Crippen LogP contribution in [0.5, 0.6) is 11.5 Å². The molecule has 7 nitrogen and oxygen atoms in total. The summed E-state index contributed by atoms with van der Waals surface area (Å²) in [6.45, 7) is 2.64. The van der Waals surface area contributed by atoms with Crippen LogP contribution in [0, 0.1) is 0 Å². The van der Waals surface area contributed by atoms with Gasteiger partial charge in [-0.1, -0.05) is 54.6 Å². The van der Waals surface area contributed by atoms with Crippen molar-refractivity contribution in [2.45, 2.75) is 25.7 Å². The van der Waals surface area contributed by atoms with Crippen LogP contribution in [0.15, 0.2) is 78.9 Å². The SMILES string of the molecule is COc1cc([C@@H]2NC(=O)c3c(sc4c3CCN(Cc3ccccc3)C4)N2)ccc1OC(=O)c1ccccc1. The number of nitrogens with one attached hydrogen (secondary N) is 2. The Morgan fingerprint density at radius 3 is 2.53 bits per heavy atom. The molecule has 1 aromatic heterocycles. The van der Waals surface area contributed by atoms with Crippen LogP contribution in [0.3, 0.4) is 0 Å². The van der Waals surface area contributed by atoms with Crippen LogP contribution >= 0.6 is 11.3 Å². The van der Waals surface area contributed by atoms with Gasteiger partial charge in [0.15, 0.2) is 11.5 Å². The highest BCUT2D eigenvalue weighted by Gasteiger charge is 2.33. The van der Waals surface area contributed by atoms with E-state index < -0.39 is 12.1 Å². The van der Waals surface area contributed by atoms with Gasteiger partial charge in [0.05, 0.1) is 18.2 Å². The van der Waals surface area contributed by atoms with Crippen LogP contribution in [0.2, 0.25) is 0 Å². The number of methoxy groups -OCH3 is 1. The minimum absolute atomic E-state index is 0.0729. The summed E-state index contributed by atoms with van der Waals surface area (Å²) in [5.74, 6) is 0.195. The molecule has 2 aliphatic heterocycles. The molecule has 3 aromatic carbocycles. The fraction of sp³-hybridized carbons (Fsp3) is 0.200. The normalized spacial score (nSPS) is 16.6. The van der Waals surface area contributed by atoms with E-state index in [1.54, 1.807) is 47.7 Å². The topological polar surface area (TPSA) is 79.9 Å². The number of fused-ring (bicyclic) bond motifs is 3. The average molecular weight is 526 g/mol. The molecule has 192 valence electrons. The number of anilines is 1. The molecule has 0 radical (unpaired) electrons. The van der Waals surface area contributed by atoms with Crippen molar-refractivity contribution in [1.29, 1.82) is 0 Å². The van der Waals surface area contributed by atoms with E-state index >= 15 is 0 Å². The summed E-state index contributed by atoms with van der Waals surface area (Å²) in [6.07, 6.45) is 0.423. The van der Waals surface area contributed by atoms with Crippen molar-refractivity contribution < 1.29 is 19.1 Å². The second kappa shape index (κ2) is 10.3. The highest BCUT2D eigenvalue weighted by atomic mass is 32.1. The van der Waals surface area contributed by atoms with Crippen molar-refractivity contribution in [3.05, 3.63) is 112 Å². The number of esters is 1. The van der Waals surface area contributed by atoms with E-state index in [2.05, 4.69) is 39.8 Å². The van der Waals surface area contributed by atoms with E-state index in [4.69, 9.17) is 9.47 Å². The van der Waals surface area contributed by atoms with Gasteiger partial charge in [0.2, 0.25) is 0 Å². The first-order valence-electron chi connectivity index (χ1n) is 12.5. The Morgan fingerprint density at radius 2 is 1.76 bits per heavy atom. The highest BCUT2D eigenvalue weighted by Crippen LogP contribution is 2.41. The van der Waals surface area contributed by atoms with Gasteiger partial charge in [-0.15, -0.1) is 11.3 Å². The summed E-state index contributed by atoms with van der Waals surface area (Å²) in [5.41, 5.74) is 4.47. The molecule has 1 amide bonds. The molecule has 6 rings (SSSR count). The third-order valence-corrected chi connectivity index (χ3v) is 8.04.